The Morgan fingerprint density at radius 1 is 0.846 bits per heavy atom. The van der Waals surface area contributed by atoms with Crippen molar-refractivity contribution in [3.63, 3.8) is 0 Å². The van der Waals surface area contributed by atoms with Crippen LogP contribution in [0.3, 0.4) is 0 Å². The summed E-state index contributed by atoms with van der Waals surface area (Å²) in [4.78, 5) is 0. The predicted octanol–water partition coefficient (Wildman–Crippen LogP) is 4.72. The minimum atomic E-state index is 0.739. The Morgan fingerprint density at radius 3 is 2.23 bits per heavy atom. The highest BCUT2D eigenvalue weighted by atomic mass is 35.5. The second-order valence-electron chi connectivity index (χ2n) is 2.61. The maximum Gasteiger partial charge on any atom is 0.0591 e. The first-order valence-corrected chi connectivity index (χ1v) is 5.45. The number of hydrogen-bond donors (Lipinski definition) is 0. The van der Waals surface area contributed by atoms with Gasteiger partial charge in [-0.15, -0.1) is 0 Å². The fourth-order valence-corrected chi connectivity index (χ4v) is 2.47. The standard InChI is InChI=1S/C10H6Cl2S/c11-9-4-2-1-3-7(9)8-5-13-6-10(8)12/h1-6H. The number of hydrogen-bond acceptors (Lipinski definition) is 1. The van der Waals surface area contributed by atoms with Gasteiger partial charge < -0.3 is 0 Å². The van der Waals surface area contributed by atoms with E-state index in [0.717, 1.165) is 21.2 Å². The third kappa shape index (κ3) is 1.73. The van der Waals surface area contributed by atoms with E-state index in [2.05, 4.69) is 0 Å². The minimum absolute atomic E-state index is 0.739. The SMILES string of the molecule is Clc1ccccc1-c1cscc1Cl. The number of rotatable bonds is 1. The summed E-state index contributed by atoms with van der Waals surface area (Å²) in [5, 5.41) is 5.41. The first-order chi connectivity index (χ1) is 6.29. The molecule has 1 aromatic heterocycles. The molecule has 1 heterocycles. The van der Waals surface area contributed by atoms with Gasteiger partial charge in [0.1, 0.15) is 0 Å². The molecule has 0 saturated carbocycles. The van der Waals surface area contributed by atoms with Crippen LogP contribution in [0, 0.1) is 0 Å². The molecule has 2 rings (SSSR count). The molecule has 0 saturated heterocycles. The van der Waals surface area contributed by atoms with Crippen LogP contribution >= 0.6 is 34.5 Å². The average molecular weight is 229 g/mol. The molecule has 13 heavy (non-hydrogen) atoms. The largest absolute Gasteiger partial charge is 0.150 e. The van der Waals surface area contributed by atoms with E-state index < -0.39 is 0 Å². The van der Waals surface area contributed by atoms with Crippen molar-refractivity contribution in [2.75, 3.05) is 0 Å². The molecule has 0 spiro atoms. The molecule has 1 aromatic carbocycles. The molecule has 0 aliphatic rings. The first-order valence-electron chi connectivity index (χ1n) is 3.75. The van der Waals surface area contributed by atoms with Crippen molar-refractivity contribution in [3.05, 3.63) is 45.1 Å². The van der Waals surface area contributed by atoms with Crippen molar-refractivity contribution < 1.29 is 0 Å². The Hall–Kier alpha value is -0.500. The lowest BCUT2D eigenvalue weighted by Gasteiger charge is -2.01. The Kier molecular flexibility index (Phi) is 2.58. The first kappa shape index (κ1) is 9.07. The number of halogens is 2. The van der Waals surface area contributed by atoms with Gasteiger partial charge in [0.05, 0.1) is 5.02 Å². The summed E-state index contributed by atoms with van der Waals surface area (Å²) in [6.07, 6.45) is 0. The normalized spacial score (nSPS) is 10.3. The van der Waals surface area contributed by atoms with E-state index >= 15 is 0 Å². The molecule has 0 bridgehead atoms. The molecule has 0 amide bonds. The summed E-state index contributed by atoms with van der Waals surface area (Å²) >= 11 is 13.6. The van der Waals surface area contributed by atoms with E-state index in [9.17, 15) is 0 Å². The molecule has 0 aliphatic heterocycles. The van der Waals surface area contributed by atoms with Crippen LogP contribution in [0.1, 0.15) is 0 Å². The molecule has 0 radical (unpaired) electrons. The molecule has 0 unspecified atom stereocenters. The maximum atomic E-state index is 6.03. The minimum Gasteiger partial charge on any atom is -0.150 e. The van der Waals surface area contributed by atoms with E-state index in [1.165, 1.54) is 0 Å². The van der Waals surface area contributed by atoms with Crippen molar-refractivity contribution in [2.45, 2.75) is 0 Å². The van der Waals surface area contributed by atoms with E-state index in [0.29, 0.717) is 0 Å². The highest BCUT2D eigenvalue weighted by molar-refractivity contribution is 7.09. The highest BCUT2D eigenvalue weighted by Gasteiger charge is 2.06. The second kappa shape index (κ2) is 3.70. The molecule has 0 fully saturated rings. The Balaban J connectivity index is 2.59. The Bertz CT molecular complexity index is 420. The van der Waals surface area contributed by atoms with Crippen LogP contribution in [0.25, 0.3) is 11.1 Å². The zero-order valence-electron chi connectivity index (χ0n) is 6.63. The van der Waals surface area contributed by atoms with Crippen molar-refractivity contribution >= 4 is 34.5 Å². The quantitative estimate of drug-likeness (QED) is 0.663. The third-order valence-corrected chi connectivity index (χ3v) is 3.29. The summed E-state index contributed by atoms with van der Waals surface area (Å²) in [6, 6.07) is 7.70. The van der Waals surface area contributed by atoms with E-state index in [1.54, 1.807) is 11.3 Å². The molecular weight excluding hydrogens is 223 g/mol. The summed E-state index contributed by atoms with van der Waals surface area (Å²) < 4.78 is 0. The number of thiophene rings is 1. The second-order valence-corrected chi connectivity index (χ2v) is 4.17. The zero-order chi connectivity index (χ0) is 9.26. The number of benzene rings is 1. The summed E-state index contributed by atoms with van der Waals surface area (Å²) in [5.74, 6) is 0. The van der Waals surface area contributed by atoms with Gasteiger partial charge in [-0.1, -0.05) is 41.4 Å². The third-order valence-electron chi connectivity index (χ3n) is 1.78. The fraction of sp³-hybridized carbons (Fsp3) is 0. The maximum absolute atomic E-state index is 6.03. The lowest BCUT2D eigenvalue weighted by molar-refractivity contribution is 1.67. The lowest BCUT2D eigenvalue weighted by atomic mass is 10.1. The average Bonchev–Trinajstić information content (AvgIpc) is 2.52. The van der Waals surface area contributed by atoms with Gasteiger partial charge in [0.25, 0.3) is 0 Å². The monoisotopic (exact) mass is 228 g/mol. The topological polar surface area (TPSA) is 0 Å². The van der Waals surface area contributed by atoms with Gasteiger partial charge in [-0.3, -0.25) is 0 Å². The van der Waals surface area contributed by atoms with E-state index in [4.69, 9.17) is 23.2 Å². The molecule has 0 N–H and O–H groups in total. The summed E-state index contributed by atoms with van der Waals surface area (Å²) in [6.45, 7) is 0. The predicted molar refractivity (Wildman–Crippen MR) is 59.8 cm³/mol. The van der Waals surface area contributed by atoms with Crippen LogP contribution in [0.4, 0.5) is 0 Å². The Labute approximate surface area is 90.7 Å². The molecule has 0 nitrogen and oxygen atoms in total. The van der Waals surface area contributed by atoms with Crippen molar-refractivity contribution in [3.8, 4) is 11.1 Å². The van der Waals surface area contributed by atoms with Crippen LogP contribution in [0.5, 0.6) is 0 Å². The van der Waals surface area contributed by atoms with Gasteiger partial charge >= 0.3 is 0 Å². The van der Waals surface area contributed by atoms with Crippen molar-refractivity contribution in [1.82, 2.24) is 0 Å². The molecule has 3 heteroatoms. The molecular formula is C10H6Cl2S. The zero-order valence-corrected chi connectivity index (χ0v) is 8.96. The molecule has 2 aromatic rings. The Morgan fingerprint density at radius 2 is 1.62 bits per heavy atom. The highest BCUT2D eigenvalue weighted by Crippen LogP contribution is 2.35. The van der Waals surface area contributed by atoms with Gasteiger partial charge in [0.15, 0.2) is 0 Å². The summed E-state index contributed by atoms with van der Waals surface area (Å²) in [5.41, 5.74) is 2.01. The van der Waals surface area contributed by atoms with Crippen LogP contribution in [0.2, 0.25) is 10.0 Å². The van der Waals surface area contributed by atoms with Crippen LogP contribution in [0.15, 0.2) is 35.0 Å². The molecule has 0 aliphatic carbocycles. The van der Waals surface area contributed by atoms with Gasteiger partial charge in [-0.2, -0.15) is 11.3 Å². The van der Waals surface area contributed by atoms with Crippen molar-refractivity contribution in [2.24, 2.45) is 0 Å². The van der Waals surface area contributed by atoms with E-state index in [-0.39, 0.29) is 0 Å². The smallest absolute Gasteiger partial charge is 0.0591 e. The van der Waals surface area contributed by atoms with Gasteiger partial charge in [-0.25, -0.2) is 0 Å². The summed E-state index contributed by atoms with van der Waals surface area (Å²) in [7, 11) is 0. The van der Waals surface area contributed by atoms with Gasteiger partial charge in [-0.05, 0) is 6.07 Å². The van der Waals surface area contributed by atoms with Gasteiger partial charge in [0.2, 0.25) is 0 Å². The van der Waals surface area contributed by atoms with Crippen LogP contribution < -0.4 is 0 Å². The van der Waals surface area contributed by atoms with Crippen molar-refractivity contribution in [1.29, 1.82) is 0 Å². The van der Waals surface area contributed by atoms with Crippen LogP contribution in [-0.2, 0) is 0 Å². The fourth-order valence-electron chi connectivity index (χ4n) is 1.15. The van der Waals surface area contributed by atoms with Gasteiger partial charge in [0, 0.05) is 26.9 Å². The van der Waals surface area contributed by atoms with Crippen LogP contribution in [-0.4, -0.2) is 0 Å². The van der Waals surface area contributed by atoms with E-state index in [1.807, 2.05) is 35.0 Å². The molecule has 0 atom stereocenters. The lowest BCUT2D eigenvalue weighted by Crippen LogP contribution is -1.75. The molecule has 66 valence electrons.